The summed E-state index contributed by atoms with van der Waals surface area (Å²) in [7, 11) is 0.611. The van der Waals surface area contributed by atoms with E-state index < -0.39 is 10.0 Å². The number of halogens is 1. The fourth-order valence-electron chi connectivity index (χ4n) is 3.33. The Morgan fingerprint density at radius 1 is 1.04 bits per heavy atom. The van der Waals surface area contributed by atoms with E-state index in [-0.39, 0.29) is 10.9 Å². The number of anilines is 1. The average molecular weight is 408 g/mol. The fraction of sp³-hybridized carbons (Fsp3) is 0.400. The zero-order valence-electron chi connectivity index (χ0n) is 15.7. The summed E-state index contributed by atoms with van der Waals surface area (Å²) in [4.78, 5) is 4.71. The minimum atomic E-state index is -3.51. The van der Waals surface area contributed by atoms with Crippen molar-refractivity contribution in [3.05, 3.63) is 59.1 Å². The number of benzene rings is 2. The van der Waals surface area contributed by atoms with Crippen molar-refractivity contribution in [1.82, 2.24) is 9.62 Å². The molecular formula is C20H26ClN3O2S. The fourth-order valence-corrected chi connectivity index (χ4v) is 4.77. The summed E-state index contributed by atoms with van der Waals surface area (Å²) in [6, 6.07) is 14.8. The molecule has 5 nitrogen and oxygen atoms in total. The van der Waals surface area contributed by atoms with Crippen molar-refractivity contribution in [3.63, 3.8) is 0 Å². The maximum atomic E-state index is 12.5. The lowest BCUT2D eigenvalue weighted by atomic mass is 10.0. The van der Waals surface area contributed by atoms with Crippen molar-refractivity contribution in [2.75, 3.05) is 32.1 Å². The minimum absolute atomic E-state index is 0.0463. The zero-order valence-corrected chi connectivity index (χ0v) is 17.3. The standard InChI is InChI=1S/C20H26ClN3O2S/c1-23(2)15-16-3-7-19(8-4-16)24-13-11-18(12-14-24)22-27(25,26)20-9-5-17(21)6-10-20/h3-10,18,22H,11-15H2,1-2H3. The highest BCUT2D eigenvalue weighted by Crippen LogP contribution is 2.22. The van der Waals surface area contributed by atoms with Crippen LogP contribution in [0, 0.1) is 0 Å². The lowest BCUT2D eigenvalue weighted by molar-refractivity contribution is 0.402. The van der Waals surface area contributed by atoms with Crippen molar-refractivity contribution >= 4 is 27.3 Å². The minimum Gasteiger partial charge on any atom is -0.371 e. The van der Waals surface area contributed by atoms with E-state index >= 15 is 0 Å². The van der Waals surface area contributed by atoms with Crippen LogP contribution in [0.25, 0.3) is 0 Å². The largest absolute Gasteiger partial charge is 0.371 e. The molecule has 1 saturated heterocycles. The summed E-state index contributed by atoms with van der Waals surface area (Å²) in [5.74, 6) is 0. The van der Waals surface area contributed by atoms with E-state index in [1.54, 1.807) is 12.1 Å². The number of rotatable bonds is 6. The van der Waals surface area contributed by atoms with Crippen LogP contribution in [0.3, 0.4) is 0 Å². The normalized spacial score (nSPS) is 16.1. The van der Waals surface area contributed by atoms with Gasteiger partial charge >= 0.3 is 0 Å². The number of nitrogens with zero attached hydrogens (tertiary/aromatic N) is 2. The van der Waals surface area contributed by atoms with Crippen LogP contribution in [0.4, 0.5) is 5.69 Å². The summed E-state index contributed by atoms with van der Waals surface area (Å²) < 4.78 is 27.9. The van der Waals surface area contributed by atoms with E-state index in [1.807, 2.05) is 0 Å². The van der Waals surface area contributed by atoms with Crippen LogP contribution in [0.2, 0.25) is 5.02 Å². The first kappa shape index (κ1) is 20.1. The van der Waals surface area contributed by atoms with Gasteiger partial charge in [-0.2, -0.15) is 0 Å². The molecule has 1 heterocycles. The van der Waals surface area contributed by atoms with Gasteiger partial charge in [-0.25, -0.2) is 13.1 Å². The second-order valence-corrected chi connectivity index (χ2v) is 9.39. The summed E-state index contributed by atoms with van der Waals surface area (Å²) >= 11 is 5.84. The first-order valence-electron chi connectivity index (χ1n) is 9.10. The number of sulfonamides is 1. The van der Waals surface area contributed by atoms with Crippen LogP contribution in [0.1, 0.15) is 18.4 Å². The molecule has 0 bridgehead atoms. The highest BCUT2D eigenvalue weighted by Gasteiger charge is 2.24. The molecule has 0 aliphatic carbocycles. The van der Waals surface area contributed by atoms with E-state index in [0.717, 1.165) is 32.5 Å². The third-order valence-electron chi connectivity index (χ3n) is 4.74. The molecule has 0 amide bonds. The maximum Gasteiger partial charge on any atom is 0.240 e. The van der Waals surface area contributed by atoms with Crippen LogP contribution in [-0.4, -0.2) is 46.5 Å². The smallest absolute Gasteiger partial charge is 0.240 e. The molecular weight excluding hydrogens is 382 g/mol. The molecule has 7 heteroatoms. The SMILES string of the molecule is CN(C)Cc1ccc(N2CCC(NS(=O)(=O)c3ccc(Cl)cc3)CC2)cc1. The molecule has 0 radical (unpaired) electrons. The van der Waals surface area contributed by atoms with Gasteiger partial charge in [0.1, 0.15) is 0 Å². The third kappa shape index (κ3) is 5.45. The summed E-state index contributed by atoms with van der Waals surface area (Å²) in [6.45, 7) is 2.59. The maximum absolute atomic E-state index is 12.5. The molecule has 146 valence electrons. The Balaban J connectivity index is 1.56. The number of hydrogen-bond acceptors (Lipinski definition) is 4. The van der Waals surface area contributed by atoms with Gasteiger partial charge in [0.05, 0.1) is 4.90 Å². The summed E-state index contributed by atoms with van der Waals surface area (Å²) in [5, 5.41) is 0.527. The van der Waals surface area contributed by atoms with Gasteiger partial charge in [-0.3, -0.25) is 0 Å². The van der Waals surface area contributed by atoms with Crippen molar-refractivity contribution < 1.29 is 8.42 Å². The molecule has 1 N–H and O–H groups in total. The molecule has 1 fully saturated rings. The van der Waals surface area contributed by atoms with Crippen LogP contribution in [0.5, 0.6) is 0 Å². The second kappa shape index (κ2) is 8.61. The molecule has 0 atom stereocenters. The van der Waals surface area contributed by atoms with E-state index in [2.05, 4.69) is 52.9 Å². The lowest BCUT2D eigenvalue weighted by Gasteiger charge is -2.34. The van der Waals surface area contributed by atoms with E-state index in [4.69, 9.17) is 11.6 Å². The average Bonchev–Trinajstić information content (AvgIpc) is 2.63. The molecule has 0 unspecified atom stereocenters. The Labute approximate surface area is 167 Å². The van der Waals surface area contributed by atoms with Gasteiger partial charge in [0.15, 0.2) is 0 Å². The third-order valence-corrected chi connectivity index (χ3v) is 6.53. The molecule has 1 aliphatic heterocycles. The molecule has 0 aromatic heterocycles. The van der Waals surface area contributed by atoms with Gasteiger partial charge in [0, 0.05) is 36.4 Å². The monoisotopic (exact) mass is 407 g/mol. The van der Waals surface area contributed by atoms with Gasteiger partial charge in [-0.1, -0.05) is 23.7 Å². The molecule has 2 aromatic carbocycles. The summed E-state index contributed by atoms with van der Waals surface area (Å²) in [6.07, 6.45) is 1.57. The first-order valence-corrected chi connectivity index (χ1v) is 11.0. The molecule has 0 saturated carbocycles. The lowest BCUT2D eigenvalue weighted by Crippen LogP contribution is -2.44. The van der Waals surface area contributed by atoms with Crippen LogP contribution < -0.4 is 9.62 Å². The second-order valence-electron chi connectivity index (χ2n) is 7.24. The van der Waals surface area contributed by atoms with Gasteiger partial charge in [0.25, 0.3) is 0 Å². The van der Waals surface area contributed by atoms with Gasteiger partial charge in [0.2, 0.25) is 10.0 Å². The zero-order chi connectivity index (χ0) is 19.4. The predicted octanol–water partition coefficient (Wildman–Crippen LogP) is 3.35. The summed E-state index contributed by atoms with van der Waals surface area (Å²) in [5.41, 5.74) is 2.48. The number of piperidine rings is 1. The number of hydrogen-bond donors (Lipinski definition) is 1. The van der Waals surface area contributed by atoms with Crippen molar-refractivity contribution in [3.8, 4) is 0 Å². The molecule has 2 aromatic rings. The van der Waals surface area contributed by atoms with Gasteiger partial charge < -0.3 is 9.80 Å². The Bertz CT molecular complexity index is 844. The van der Waals surface area contributed by atoms with Gasteiger partial charge in [-0.15, -0.1) is 0 Å². The highest BCUT2D eigenvalue weighted by atomic mass is 35.5. The van der Waals surface area contributed by atoms with Crippen LogP contribution in [-0.2, 0) is 16.6 Å². The van der Waals surface area contributed by atoms with Crippen LogP contribution in [0.15, 0.2) is 53.4 Å². The Morgan fingerprint density at radius 2 is 1.63 bits per heavy atom. The molecule has 1 aliphatic rings. The molecule has 0 spiro atoms. The van der Waals surface area contributed by atoms with E-state index in [0.29, 0.717) is 5.02 Å². The van der Waals surface area contributed by atoms with E-state index in [9.17, 15) is 8.42 Å². The van der Waals surface area contributed by atoms with Crippen molar-refractivity contribution in [1.29, 1.82) is 0 Å². The van der Waals surface area contributed by atoms with E-state index in [1.165, 1.54) is 23.4 Å². The van der Waals surface area contributed by atoms with Crippen LogP contribution >= 0.6 is 11.6 Å². The van der Waals surface area contributed by atoms with Crippen molar-refractivity contribution in [2.24, 2.45) is 0 Å². The Kier molecular flexibility index (Phi) is 6.42. The molecule has 27 heavy (non-hydrogen) atoms. The Hall–Kier alpha value is -1.60. The Morgan fingerprint density at radius 3 is 2.19 bits per heavy atom. The van der Waals surface area contributed by atoms with Gasteiger partial charge in [-0.05, 0) is 68.9 Å². The highest BCUT2D eigenvalue weighted by molar-refractivity contribution is 7.89. The quantitative estimate of drug-likeness (QED) is 0.797. The predicted molar refractivity (Wildman–Crippen MR) is 111 cm³/mol. The number of nitrogens with one attached hydrogen (secondary N) is 1. The topological polar surface area (TPSA) is 52.6 Å². The first-order chi connectivity index (χ1) is 12.8. The van der Waals surface area contributed by atoms with Crippen molar-refractivity contribution in [2.45, 2.75) is 30.3 Å². The molecule has 3 rings (SSSR count).